The Morgan fingerprint density at radius 3 is 2.83 bits per heavy atom. The molecule has 100 valence electrons. The van der Waals surface area contributed by atoms with Gasteiger partial charge in [-0.05, 0) is 37.4 Å². The minimum Gasteiger partial charge on any atom is -0.357 e. The highest BCUT2D eigenvalue weighted by Gasteiger charge is 2.22. The van der Waals surface area contributed by atoms with Crippen LogP contribution >= 0.6 is 0 Å². The normalized spacial score (nSPS) is 23.9. The number of nitrogens with zero attached hydrogens (tertiary/aromatic N) is 2. The van der Waals surface area contributed by atoms with Crippen molar-refractivity contribution < 1.29 is 0 Å². The smallest absolute Gasteiger partial charge is 0.128 e. The Morgan fingerprint density at radius 2 is 2.22 bits per heavy atom. The highest BCUT2D eigenvalue weighted by molar-refractivity contribution is 5.39. The first-order valence-electron chi connectivity index (χ1n) is 7.03. The summed E-state index contributed by atoms with van der Waals surface area (Å²) in [5, 5.41) is 3.15. The lowest BCUT2D eigenvalue weighted by Crippen LogP contribution is -2.36. The molecule has 1 aromatic heterocycles. The van der Waals surface area contributed by atoms with Crippen molar-refractivity contribution in [1.82, 2.24) is 10.3 Å². The van der Waals surface area contributed by atoms with Crippen LogP contribution in [0.25, 0.3) is 0 Å². The predicted octanol–water partition coefficient (Wildman–Crippen LogP) is 2.82. The monoisotopic (exact) mass is 247 g/mol. The second-order valence-electron chi connectivity index (χ2n) is 5.59. The van der Waals surface area contributed by atoms with E-state index >= 15 is 0 Å². The third-order valence-electron chi connectivity index (χ3n) is 4.01. The maximum absolute atomic E-state index is 4.58. The van der Waals surface area contributed by atoms with Gasteiger partial charge in [-0.15, -0.1) is 0 Å². The van der Waals surface area contributed by atoms with Crippen LogP contribution in [0.4, 0.5) is 5.82 Å². The van der Waals surface area contributed by atoms with Gasteiger partial charge in [-0.25, -0.2) is 4.98 Å². The fourth-order valence-electron chi connectivity index (χ4n) is 2.87. The average Bonchev–Trinajstić information content (AvgIpc) is 2.39. The number of hydrogen-bond acceptors (Lipinski definition) is 3. The Bertz CT molecular complexity index is 361. The van der Waals surface area contributed by atoms with E-state index in [2.05, 4.69) is 41.3 Å². The SMILES string of the molecule is CNCc1ccc(N(C)C2CCCC(C)C2)nc1. The zero-order chi connectivity index (χ0) is 13.0. The molecule has 1 fully saturated rings. The molecule has 18 heavy (non-hydrogen) atoms. The van der Waals surface area contributed by atoms with Gasteiger partial charge in [0, 0.05) is 25.8 Å². The van der Waals surface area contributed by atoms with Crippen molar-refractivity contribution in [3.05, 3.63) is 23.9 Å². The summed E-state index contributed by atoms with van der Waals surface area (Å²) in [5.74, 6) is 1.96. The zero-order valence-electron chi connectivity index (χ0n) is 11.8. The molecule has 1 heterocycles. The summed E-state index contributed by atoms with van der Waals surface area (Å²) in [5.41, 5.74) is 1.24. The molecule has 0 radical (unpaired) electrons. The molecule has 1 aromatic rings. The Balaban J connectivity index is 2.01. The average molecular weight is 247 g/mol. The minimum absolute atomic E-state index is 0.663. The summed E-state index contributed by atoms with van der Waals surface area (Å²) in [6, 6.07) is 4.98. The highest BCUT2D eigenvalue weighted by Crippen LogP contribution is 2.28. The molecule has 1 N–H and O–H groups in total. The molecule has 0 spiro atoms. The van der Waals surface area contributed by atoms with Crippen LogP contribution in [0.5, 0.6) is 0 Å². The summed E-state index contributed by atoms with van der Waals surface area (Å²) in [6.45, 7) is 3.25. The van der Waals surface area contributed by atoms with E-state index in [-0.39, 0.29) is 0 Å². The van der Waals surface area contributed by atoms with Crippen LogP contribution in [-0.4, -0.2) is 25.1 Å². The summed E-state index contributed by atoms with van der Waals surface area (Å²) in [7, 11) is 4.15. The lowest BCUT2D eigenvalue weighted by molar-refractivity contribution is 0.335. The fourth-order valence-corrected chi connectivity index (χ4v) is 2.87. The van der Waals surface area contributed by atoms with Crippen LogP contribution in [0, 0.1) is 5.92 Å². The van der Waals surface area contributed by atoms with E-state index in [1.807, 2.05) is 13.2 Å². The van der Waals surface area contributed by atoms with Gasteiger partial charge in [0.05, 0.1) is 0 Å². The lowest BCUT2D eigenvalue weighted by Gasteiger charge is -2.34. The van der Waals surface area contributed by atoms with Gasteiger partial charge >= 0.3 is 0 Å². The number of anilines is 1. The van der Waals surface area contributed by atoms with Crippen molar-refractivity contribution in [2.75, 3.05) is 19.0 Å². The van der Waals surface area contributed by atoms with Crippen LogP contribution in [0.3, 0.4) is 0 Å². The standard InChI is InChI=1S/C15H25N3/c1-12-5-4-6-14(9-12)18(3)15-8-7-13(10-16-2)11-17-15/h7-8,11-12,14,16H,4-6,9-10H2,1-3H3. The summed E-state index contributed by atoms with van der Waals surface area (Å²) in [4.78, 5) is 6.94. The van der Waals surface area contributed by atoms with Gasteiger partial charge in [-0.2, -0.15) is 0 Å². The number of rotatable bonds is 4. The largest absolute Gasteiger partial charge is 0.357 e. The second kappa shape index (κ2) is 6.19. The van der Waals surface area contributed by atoms with Gasteiger partial charge in [0.15, 0.2) is 0 Å². The van der Waals surface area contributed by atoms with E-state index in [1.165, 1.54) is 31.2 Å². The Kier molecular flexibility index (Phi) is 4.59. The van der Waals surface area contributed by atoms with E-state index in [9.17, 15) is 0 Å². The van der Waals surface area contributed by atoms with Crippen LogP contribution in [0.2, 0.25) is 0 Å². The summed E-state index contributed by atoms with van der Waals surface area (Å²) in [6.07, 6.45) is 7.33. The molecule has 0 amide bonds. The van der Waals surface area contributed by atoms with Crippen molar-refractivity contribution in [1.29, 1.82) is 0 Å². The zero-order valence-corrected chi connectivity index (χ0v) is 11.8. The third-order valence-corrected chi connectivity index (χ3v) is 4.01. The summed E-state index contributed by atoms with van der Waals surface area (Å²) >= 11 is 0. The molecule has 0 aromatic carbocycles. The quantitative estimate of drug-likeness (QED) is 0.887. The molecule has 0 bridgehead atoms. The first-order chi connectivity index (χ1) is 8.70. The molecular formula is C15H25N3. The van der Waals surface area contributed by atoms with E-state index in [0.29, 0.717) is 6.04 Å². The molecule has 2 atom stereocenters. The van der Waals surface area contributed by atoms with E-state index < -0.39 is 0 Å². The Morgan fingerprint density at radius 1 is 1.39 bits per heavy atom. The molecule has 2 unspecified atom stereocenters. The van der Waals surface area contributed by atoms with Gasteiger partial charge in [-0.3, -0.25) is 0 Å². The van der Waals surface area contributed by atoms with Crippen LogP contribution in [-0.2, 0) is 6.54 Å². The van der Waals surface area contributed by atoms with Crippen molar-refractivity contribution >= 4 is 5.82 Å². The van der Waals surface area contributed by atoms with Crippen LogP contribution in [0.1, 0.15) is 38.2 Å². The molecule has 1 aliphatic carbocycles. The van der Waals surface area contributed by atoms with Crippen molar-refractivity contribution in [2.24, 2.45) is 5.92 Å². The Hall–Kier alpha value is -1.09. The second-order valence-corrected chi connectivity index (χ2v) is 5.59. The van der Waals surface area contributed by atoms with Gasteiger partial charge in [0.25, 0.3) is 0 Å². The highest BCUT2D eigenvalue weighted by atomic mass is 15.2. The molecular weight excluding hydrogens is 222 g/mol. The summed E-state index contributed by atoms with van der Waals surface area (Å²) < 4.78 is 0. The third kappa shape index (κ3) is 3.22. The lowest BCUT2D eigenvalue weighted by atomic mass is 9.86. The molecule has 0 saturated heterocycles. The van der Waals surface area contributed by atoms with Crippen molar-refractivity contribution in [3.8, 4) is 0 Å². The number of aromatic nitrogens is 1. The first kappa shape index (κ1) is 13.3. The van der Waals surface area contributed by atoms with Gasteiger partial charge in [0.1, 0.15) is 5.82 Å². The van der Waals surface area contributed by atoms with E-state index in [1.54, 1.807) is 0 Å². The maximum atomic E-state index is 4.58. The number of pyridine rings is 1. The van der Waals surface area contributed by atoms with Crippen LogP contribution < -0.4 is 10.2 Å². The van der Waals surface area contributed by atoms with Gasteiger partial charge < -0.3 is 10.2 Å². The Labute approximate surface area is 111 Å². The van der Waals surface area contributed by atoms with Crippen LogP contribution in [0.15, 0.2) is 18.3 Å². The topological polar surface area (TPSA) is 28.2 Å². The molecule has 2 rings (SSSR count). The van der Waals surface area contributed by atoms with Crippen molar-refractivity contribution in [3.63, 3.8) is 0 Å². The van der Waals surface area contributed by atoms with Gasteiger partial charge in [0.2, 0.25) is 0 Å². The van der Waals surface area contributed by atoms with Gasteiger partial charge in [-0.1, -0.05) is 25.8 Å². The number of nitrogens with one attached hydrogen (secondary N) is 1. The molecule has 1 aliphatic rings. The predicted molar refractivity (Wildman–Crippen MR) is 76.8 cm³/mol. The molecule has 3 heteroatoms. The maximum Gasteiger partial charge on any atom is 0.128 e. The van der Waals surface area contributed by atoms with E-state index in [0.717, 1.165) is 18.3 Å². The van der Waals surface area contributed by atoms with Crippen molar-refractivity contribution in [2.45, 2.75) is 45.2 Å². The molecule has 1 saturated carbocycles. The fraction of sp³-hybridized carbons (Fsp3) is 0.667. The minimum atomic E-state index is 0.663. The first-order valence-corrected chi connectivity index (χ1v) is 7.03. The van der Waals surface area contributed by atoms with E-state index in [4.69, 9.17) is 0 Å². The molecule has 3 nitrogen and oxygen atoms in total. The number of hydrogen-bond donors (Lipinski definition) is 1. The molecule has 0 aliphatic heterocycles.